The molecule has 0 aromatic carbocycles. The highest BCUT2D eigenvalue weighted by molar-refractivity contribution is 6.73. The highest BCUT2D eigenvalue weighted by Crippen LogP contribution is 2.55. The lowest BCUT2D eigenvalue weighted by atomic mass is 9.98. The monoisotopic (exact) mass is 722 g/mol. The Morgan fingerprint density at radius 1 is 0.311 bits per heavy atom. The summed E-state index contributed by atoms with van der Waals surface area (Å²) in [6.07, 6.45) is -16.2. The average molecular weight is 723 g/mol. The molecule has 2 nitrogen and oxygen atoms in total. The van der Waals surface area contributed by atoms with Crippen molar-refractivity contribution in [1.82, 2.24) is 0 Å². The molecular weight excluding hydrogens is 686 g/mol. The molecule has 272 valence electrons. The number of rotatable bonds is 22. The van der Waals surface area contributed by atoms with Crippen molar-refractivity contribution < 1.29 is 79.0 Å². The van der Waals surface area contributed by atoms with Crippen molar-refractivity contribution in [3.05, 3.63) is 0 Å². The molecule has 0 spiro atoms. The molecule has 0 heterocycles. The number of hydrogen-bond acceptors (Lipinski definition) is 2. The van der Waals surface area contributed by atoms with E-state index in [4.69, 9.17) is 10.8 Å². The van der Waals surface area contributed by atoms with E-state index in [0.29, 0.717) is 50.6 Å². The molecule has 0 fully saturated rings. The van der Waals surface area contributed by atoms with E-state index < -0.39 is 82.0 Å². The van der Waals surface area contributed by atoms with Crippen LogP contribution >= 0.6 is 0 Å². The van der Waals surface area contributed by atoms with Gasteiger partial charge in [0.15, 0.2) is 8.40 Å². The molecule has 0 unspecified atom stereocenters. The first-order valence-corrected chi connectivity index (χ1v) is 16.5. The summed E-state index contributed by atoms with van der Waals surface area (Å²) in [5.41, 5.74) is 0. The number of hydrogen-bond donors (Lipinski definition) is 2. The fraction of sp³-hybridized carbons (Fsp3) is 1.00. The van der Waals surface area contributed by atoms with Gasteiger partial charge in [-0.25, -0.2) is 0 Å². The summed E-state index contributed by atoms with van der Waals surface area (Å²) < 4.78 is 231. The maximum Gasteiger partial charge on any atom is 0.460 e. The van der Waals surface area contributed by atoms with Crippen LogP contribution in [0.1, 0.15) is 89.9 Å². The van der Waals surface area contributed by atoms with E-state index in [0.717, 1.165) is 0 Å². The minimum atomic E-state index is -6.91. The molecule has 4 N–H and O–H groups in total. The van der Waals surface area contributed by atoms with Crippen molar-refractivity contribution in [2.75, 3.05) is 0 Å². The second-order valence-electron chi connectivity index (χ2n) is 11.2. The van der Waals surface area contributed by atoms with Gasteiger partial charge in [0.25, 0.3) is 0 Å². The third-order valence-corrected chi connectivity index (χ3v) is 9.75. The largest absolute Gasteiger partial charge is 0.460 e. The third-order valence-electron chi connectivity index (χ3n) is 7.19. The van der Waals surface area contributed by atoms with E-state index >= 15 is 0 Å². The molecular formula is C24H36F18N2Si. The van der Waals surface area contributed by atoms with E-state index in [2.05, 4.69) is 0 Å². The van der Waals surface area contributed by atoms with Crippen molar-refractivity contribution in [3.63, 3.8) is 0 Å². The summed E-state index contributed by atoms with van der Waals surface area (Å²) in [7, 11) is -2.70. The Morgan fingerprint density at radius 2 is 0.533 bits per heavy atom. The van der Waals surface area contributed by atoms with Gasteiger partial charge < -0.3 is 10.8 Å². The molecule has 0 bridgehead atoms. The lowest BCUT2D eigenvalue weighted by molar-refractivity contribution is -0.396. The van der Waals surface area contributed by atoms with Gasteiger partial charge in [-0.15, -0.1) is 0 Å². The summed E-state index contributed by atoms with van der Waals surface area (Å²) in [5.74, 6) is -38.3. The molecule has 0 aromatic heterocycles. The van der Waals surface area contributed by atoms with Crippen LogP contribution < -0.4 is 10.8 Å². The van der Waals surface area contributed by atoms with E-state index in [1.54, 1.807) is 0 Å². The molecule has 0 saturated carbocycles. The molecule has 0 rings (SSSR count). The standard InChI is InChI=1S/C24H36F18N2Si/c25-17(26,19(29,30)21(33,34)23(37,38)39)13-9-5-1-3-7-11-15-45(43,44)16-12-8-4-2-6-10-14-18(27,28)20(31,32)22(35,36)24(40,41)42/h1-16,43-44H2. The molecule has 0 aliphatic carbocycles. The minimum Gasteiger partial charge on any atom is -0.339 e. The van der Waals surface area contributed by atoms with Crippen LogP contribution in [0.15, 0.2) is 0 Å². The Kier molecular flexibility index (Phi) is 15.5. The van der Waals surface area contributed by atoms with Crippen LogP contribution in [-0.4, -0.2) is 56.3 Å². The molecule has 0 aliphatic heterocycles. The van der Waals surface area contributed by atoms with Gasteiger partial charge in [-0.1, -0.05) is 64.2 Å². The first-order valence-electron chi connectivity index (χ1n) is 13.9. The summed E-state index contributed by atoms with van der Waals surface area (Å²) in [6.45, 7) is 0. The van der Waals surface area contributed by atoms with Gasteiger partial charge >= 0.3 is 47.9 Å². The fourth-order valence-corrected chi connectivity index (χ4v) is 6.34. The maximum absolute atomic E-state index is 13.5. The number of halogens is 18. The Hall–Kier alpha value is -1.12. The smallest absolute Gasteiger partial charge is 0.339 e. The Morgan fingerprint density at radius 3 is 0.778 bits per heavy atom. The Bertz CT molecular complexity index is 803. The first kappa shape index (κ1) is 43.9. The minimum absolute atomic E-state index is 0.142. The van der Waals surface area contributed by atoms with E-state index in [9.17, 15) is 79.0 Å². The molecule has 0 aliphatic rings. The fourth-order valence-electron chi connectivity index (χ4n) is 4.27. The van der Waals surface area contributed by atoms with Crippen molar-refractivity contribution in [1.29, 1.82) is 0 Å². The van der Waals surface area contributed by atoms with E-state index in [1.807, 2.05) is 0 Å². The number of unbranched alkanes of at least 4 members (excludes halogenated alkanes) is 10. The zero-order chi connectivity index (χ0) is 35.8. The van der Waals surface area contributed by atoms with Gasteiger partial charge in [-0.3, -0.25) is 0 Å². The van der Waals surface area contributed by atoms with Crippen LogP contribution in [0, 0.1) is 0 Å². The second kappa shape index (κ2) is 15.8. The molecule has 0 amide bonds. The predicted octanol–water partition coefficient (Wildman–Crippen LogP) is 10.7. The van der Waals surface area contributed by atoms with Crippen molar-refractivity contribution in [2.45, 2.75) is 150 Å². The van der Waals surface area contributed by atoms with Gasteiger partial charge in [0.1, 0.15) is 0 Å². The number of nitrogens with two attached hydrogens (primary N) is 2. The summed E-state index contributed by atoms with van der Waals surface area (Å²) >= 11 is 0. The zero-order valence-corrected chi connectivity index (χ0v) is 24.8. The highest BCUT2D eigenvalue weighted by atomic mass is 28.3. The van der Waals surface area contributed by atoms with E-state index in [-0.39, 0.29) is 25.7 Å². The van der Waals surface area contributed by atoms with Crippen LogP contribution in [-0.2, 0) is 0 Å². The van der Waals surface area contributed by atoms with Gasteiger partial charge in [-0.05, 0) is 24.9 Å². The molecule has 45 heavy (non-hydrogen) atoms. The Labute approximate surface area is 248 Å². The summed E-state index contributed by atoms with van der Waals surface area (Å²) in [4.78, 5) is 0. The molecule has 0 atom stereocenters. The topological polar surface area (TPSA) is 52.0 Å². The van der Waals surface area contributed by atoms with Crippen LogP contribution in [0.25, 0.3) is 0 Å². The van der Waals surface area contributed by atoms with E-state index in [1.165, 1.54) is 0 Å². The van der Waals surface area contributed by atoms with Crippen LogP contribution in [0.2, 0.25) is 12.1 Å². The van der Waals surface area contributed by atoms with Gasteiger partial charge in [0, 0.05) is 12.8 Å². The molecule has 0 saturated heterocycles. The third kappa shape index (κ3) is 11.5. The van der Waals surface area contributed by atoms with Gasteiger partial charge in [0.05, 0.1) is 0 Å². The molecule has 0 radical (unpaired) electrons. The maximum atomic E-state index is 13.5. The number of alkyl halides is 18. The van der Waals surface area contributed by atoms with Crippen molar-refractivity contribution in [3.8, 4) is 0 Å². The van der Waals surface area contributed by atoms with Crippen molar-refractivity contribution >= 4 is 8.40 Å². The molecule has 21 heteroatoms. The first-order chi connectivity index (χ1) is 19.9. The summed E-state index contributed by atoms with van der Waals surface area (Å²) in [6, 6.07) is 0.797. The van der Waals surface area contributed by atoms with Gasteiger partial charge in [-0.2, -0.15) is 79.0 Å². The molecule has 0 aromatic rings. The predicted molar refractivity (Wildman–Crippen MR) is 130 cm³/mol. The van der Waals surface area contributed by atoms with Crippen LogP contribution in [0.5, 0.6) is 0 Å². The van der Waals surface area contributed by atoms with Gasteiger partial charge in [0.2, 0.25) is 0 Å². The SMILES string of the molecule is N[Si](N)(CCCCCCCCC(F)(F)C(F)(F)C(F)(F)C(F)(F)F)CCCCCCCCC(F)(F)C(F)(F)C(F)(F)C(F)(F)F. The Balaban J connectivity index is 4.20. The quantitative estimate of drug-likeness (QED) is 0.0664. The lowest BCUT2D eigenvalue weighted by Gasteiger charge is -2.33. The normalized spacial score (nSPS) is 15.2. The average Bonchev–Trinajstić information content (AvgIpc) is 2.85. The highest BCUT2D eigenvalue weighted by Gasteiger charge is 2.82. The second-order valence-corrected chi connectivity index (χ2v) is 14.6. The van der Waals surface area contributed by atoms with Crippen LogP contribution in [0.3, 0.4) is 0 Å². The lowest BCUT2D eigenvalue weighted by Crippen LogP contribution is -2.60. The van der Waals surface area contributed by atoms with Crippen LogP contribution in [0.4, 0.5) is 79.0 Å². The zero-order valence-electron chi connectivity index (χ0n) is 23.8. The van der Waals surface area contributed by atoms with Crippen molar-refractivity contribution in [2.24, 2.45) is 10.8 Å². The summed E-state index contributed by atoms with van der Waals surface area (Å²) in [5, 5.41) is 12.2.